The normalized spacial score (nSPS) is 12.5. The van der Waals surface area contributed by atoms with Gasteiger partial charge in [-0.25, -0.2) is 4.98 Å². The van der Waals surface area contributed by atoms with Crippen molar-refractivity contribution in [1.82, 2.24) is 9.97 Å². The zero-order valence-corrected chi connectivity index (χ0v) is 8.48. The Bertz CT molecular complexity index is 334. The van der Waals surface area contributed by atoms with E-state index >= 15 is 0 Å². The fourth-order valence-electron chi connectivity index (χ4n) is 0.933. The van der Waals surface area contributed by atoms with Gasteiger partial charge in [-0.2, -0.15) is 0 Å². The summed E-state index contributed by atoms with van der Waals surface area (Å²) in [7, 11) is 0. The average Bonchev–Trinajstić information content (AvgIpc) is 1.99. The van der Waals surface area contributed by atoms with Crippen LogP contribution in [0.4, 0.5) is 5.82 Å². The van der Waals surface area contributed by atoms with Crippen LogP contribution in [0.5, 0.6) is 0 Å². The third-order valence-corrected chi connectivity index (χ3v) is 1.66. The maximum Gasteiger partial charge on any atom is 0.131 e. The van der Waals surface area contributed by atoms with Gasteiger partial charge in [0.05, 0.1) is 6.10 Å². The largest absolute Gasteiger partial charge is 0.392 e. The zero-order chi connectivity index (χ0) is 9.84. The Balaban J connectivity index is 2.72. The molecule has 1 heterocycles. The van der Waals surface area contributed by atoms with Crippen LogP contribution in [0.1, 0.15) is 12.7 Å². The molecule has 0 fully saturated rings. The molecule has 1 aromatic rings. The lowest BCUT2D eigenvalue weighted by Crippen LogP contribution is -2.16. The van der Waals surface area contributed by atoms with Crippen molar-refractivity contribution in [1.29, 1.82) is 0 Å². The van der Waals surface area contributed by atoms with Crippen LogP contribution in [0.15, 0.2) is 6.07 Å². The van der Waals surface area contributed by atoms with Crippen LogP contribution in [0.25, 0.3) is 0 Å². The molecule has 1 aromatic heterocycles. The quantitative estimate of drug-likeness (QED) is 0.641. The van der Waals surface area contributed by atoms with Crippen LogP contribution >= 0.6 is 12.2 Å². The highest BCUT2D eigenvalue weighted by atomic mass is 32.1. The second kappa shape index (κ2) is 4.34. The second-order valence-electron chi connectivity index (χ2n) is 2.95. The van der Waals surface area contributed by atoms with E-state index in [1.54, 1.807) is 13.0 Å². The number of aromatic nitrogens is 2. The SMILES string of the molecule is Cc1nc(=S)cc(NCC(C)O)[nH]1. The minimum Gasteiger partial charge on any atom is -0.392 e. The van der Waals surface area contributed by atoms with Crippen molar-refractivity contribution in [2.45, 2.75) is 20.0 Å². The molecule has 3 N–H and O–H groups in total. The predicted octanol–water partition coefficient (Wildman–Crippen LogP) is 1.24. The van der Waals surface area contributed by atoms with Gasteiger partial charge in [0.1, 0.15) is 16.3 Å². The van der Waals surface area contributed by atoms with E-state index in [1.165, 1.54) is 0 Å². The summed E-state index contributed by atoms with van der Waals surface area (Å²) in [5.41, 5.74) is 0. The Morgan fingerprint density at radius 3 is 3.00 bits per heavy atom. The van der Waals surface area contributed by atoms with E-state index in [9.17, 15) is 0 Å². The first kappa shape index (κ1) is 10.1. The standard InChI is InChI=1S/C8H13N3OS/c1-5(12)4-9-7-3-8(13)11-6(2)10-7/h3,5,12H,4H2,1-2H3,(H2,9,10,11,13). The molecule has 0 aliphatic rings. The van der Waals surface area contributed by atoms with Gasteiger partial charge in [-0.1, -0.05) is 12.2 Å². The van der Waals surface area contributed by atoms with Crippen LogP contribution in [0.2, 0.25) is 0 Å². The van der Waals surface area contributed by atoms with E-state index in [2.05, 4.69) is 15.3 Å². The molecule has 0 saturated heterocycles. The molecule has 0 spiro atoms. The second-order valence-corrected chi connectivity index (χ2v) is 3.37. The first-order valence-corrected chi connectivity index (χ1v) is 4.48. The summed E-state index contributed by atoms with van der Waals surface area (Å²) in [4.78, 5) is 7.02. The van der Waals surface area contributed by atoms with E-state index < -0.39 is 0 Å². The number of aromatic amines is 1. The molecular formula is C8H13N3OS. The number of aliphatic hydroxyl groups excluding tert-OH is 1. The van der Waals surface area contributed by atoms with Crippen molar-refractivity contribution in [2.24, 2.45) is 0 Å². The van der Waals surface area contributed by atoms with Crippen molar-refractivity contribution < 1.29 is 5.11 Å². The summed E-state index contributed by atoms with van der Waals surface area (Å²) < 4.78 is 0.546. The molecule has 0 aliphatic heterocycles. The molecule has 0 saturated carbocycles. The number of aliphatic hydroxyl groups is 1. The number of anilines is 1. The fourth-order valence-corrected chi connectivity index (χ4v) is 1.19. The summed E-state index contributed by atoms with van der Waals surface area (Å²) in [6, 6.07) is 1.73. The lowest BCUT2D eigenvalue weighted by atomic mass is 10.4. The van der Waals surface area contributed by atoms with Crippen molar-refractivity contribution in [2.75, 3.05) is 11.9 Å². The monoisotopic (exact) mass is 199 g/mol. The van der Waals surface area contributed by atoms with E-state index in [-0.39, 0.29) is 6.10 Å². The Morgan fingerprint density at radius 1 is 1.77 bits per heavy atom. The van der Waals surface area contributed by atoms with Gasteiger partial charge in [-0.05, 0) is 13.8 Å². The highest BCUT2D eigenvalue weighted by Gasteiger charge is 1.97. The number of H-pyrrole nitrogens is 1. The van der Waals surface area contributed by atoms with Gasteiger partial charge < -0.3 is 15.4 Å². The molecule has 4 nitrogen and oxygen atoms in total. The van der Waals surface area contributed by atoms with Gasteiger partial charge in [0.2, 0.25) is 0 Å². The molecule has 13 heavy (non-hydrogen) atoms. The summed E-state index contributed by atoms with van der Waals surface area (Å²) in [6.45, 7) is 4.05. The maximum atomic E-state index is 9.03. The molecule has 0 radical (unpaired) electrons. The molecule has 0 amide bonds. The van der Waals surface area contributed by atoms with Gasteiger partial charge in [0.15, 0.2) is 0 Å². The van der Waals surface area contributed by atoms with Crippen molar-refractivity contribution in [3.05, 3.63) is 16.5 Å². The summed E-state index contributed by atoms with van der Waals surface area (Å²) in [5, 5.41) is 12.0. The Morgan fingerprint density at radius 2 is 2.46 bits per heavy atom. The van der Waals surface area contributed by atoms with Crippen molar-refractivity contribution >= 4 is 18.0 Å². The highest BCUT2D eigenvalue weighted by molar-refractivity contribution is 7.71. The van der Waals surface area contributed by atoms with Crippen molar-refractivity contribution in [3.8, 4) is 0 Å². The topological polar surface area (TPSA) is 60.9 Å². The van der Waals surface area contributed by atoms with E-state index in [1.807, 2.05) is 6.92 Å². The number of nitrogens with one attached hydrogen (secondary N) is 2. The van der Waals surface area contributed by atoms with Crippen molar-refractivity contribution in [3.63, 3.8) is 0 Å². The van der Waals surface area contributed by atoms with Crippen LogP contribution in [0.3, 0.4) is 0 Å². The lowest BCUT2D eigenvalue weighted by molar-refractivity contribution is 0.208. The van der Waals surface area contributed by atoms with Gasteiger partial charge in [0, 0.05) is 12.6 Å². The minimum absolute atomic E-state index is 0.379. The smallest absolute Gasteiger partial charge is 0.131 e. The molecule has 0 aliphatic carbocycles. The number of nitrogens with zero attached hydrogens (tertiary/aromatic N) is 1. The first-order valence-electron chi connectivity index (χ1n) is 4.08. The molecule has 0 aromatic carbocycles. The summed E-state index contributed by atoms with van der Waals surface area (Å²) in [6.07, 6.45) is -0.379. The van der Waals surface area contributed by atoms with Crippen LogP contribution in [-0.4, -0.2) is 27.7 Å². The molecule has 5 heteroatoms. The van der Waals surface area contributed by atoms with Gasteiger partial charge in [-0.3, -0.25) is 0 Å². The van der Waals surface area contributed by atoms with Crippen LogP contribution in [0, 0.1) is 11.6 Å². The van der Waals surface area contributed by atoms with Crippen LogP contribution < -0.4 is 5.32 Å². The third kappa shape index (κ3) is 3.52. The Labute approximate surface area is 82.0 Å². The minimum atomic E-state index is -0.379. The van der Waals surface area contributed by atoms with E-state index in [0.717, 1.165) is 11.6 Å². The molecule has 0 bridgehead atoms. The van der Waals surface area contributed by atoms with Gasteiger partial charge >= 0.3 is 0 Å². The van der Waals surface area contributed by atoms with Gasteiger partial charge in [0.25, 0.3) is 0 Å². The molecular weight excluding hydrogens is 186 g/mol. The number of rotatable bonds is 3. The molecule has 1 unspecified atom stereocenters. The Hall–Kier alpha value is -0.940. The number of hydrogen-bond donors (Lipinski definition) is 3. The predicted molar refractivity (Wildman–Crippen MR) is 54.3 cm³/mol. The molecule has 1 atom stereocenters. The lowest BCUT2D eigenvalue weighted by Gasteiger charge is -2.08. The summed E-state index contributed by atoms with van der Waals surface area (Å²) >= 11 is 4.93. The first-order chi connectivity index (χ1) is 6.08. The highest BCUT2D eigenvalue weighted by Crippen LogP contribution is 2.02. The number of aryl methyl sites for hydroxylation is 1. The third-order valence-electron chi connectivity index (χ3n) is 1.45. The Kier molecular flexibility index (Phi) is 3.39. The summed E-state index contributed by atoms with van der Waals surface area (Å²) in [5.74, 6) is 1.55. The van der Waals surface area contributed by atoms with Gasteiger partial charge in [-0.15, -0.1) is 0 Å². The maximum absolute atomic E-state index is 9.03. The number of hydrogen-bond acceptors (Lipinski definition) is 4. The van der Waals surface area contributed by atoms with Crippen LogP contribution in [-0.2, 0) is 0 Å². The molecule has 1 rings (SSSR count). The zero-order valence-electron chi connectivity index (χ0n) is 7.66. The molecule has 72 valence electrons. The van der Waals surface area contributed by atoms with E-state index in [4.69, 9.17) is 17.3 Å². The van der Waals surface area contributed by atoms with E-state index in [0.29, 0.717) is 11.2 Å². The fraction of sp³-hybridized carbons (Fsp3) is 0.500. The average molecular weight is 199 g/mol.